The molecule has 2 N–H and O–H groups in total. The zero-order chi connectivity index (χ0) is 17.6. The van der Waals surface area contributed by atoms with Crippen molar-refractivity contribution in [3.8, 4) is 0 Å². The van der Waals surface area contributed by atoms with E-state index in [1.165, 1.54) is 12.1 Å². The summed E-state index contributed by atoms with van der Waals surface area (Å²) in [5.74, 6) is 0.167. The van der Waals surface area contributed by atoms with Crippen molar-refractivity contribution < 1.29 is 14.3 Å². The van der Waals surface area contributed by atoms with Crippen LogP contribution in [0.1, 0.15) is 30.9 Å². The van der Waals surface area contributed by atoms with E-state index in [1.54, 1.807) is 12.1 Å². The molecular weight excluding hydrogens is 321 g/mol. The largest absolute Gasteiger partial charge is 0.388 e. The van der Waals surface area contributed by atoms with Gasteiger partial charge in [-0.2, -0.15) is 0 Å². The van der Waals surface area contributed by atoms with E-state index in [1.807, 2.05) is 4.90 Å². The fraction of sp³-hybridized carbons (Fsp3) is 0.632. The van der Waals surface area contributed by atoms with Crippen molar-refractivity contribution >= 4 is 5.91 Å². The summed E-state index contributed by atoms with van der Waals surface area (Å²) in [6.07, 6.45) is 1.84. The number of piperidine rings is 1. The van der Waals surface area contributed by atoms with Gasteiger partial charge >= 0.3 is 0 Å². The van der Waals surface area contributed by atoms with Gasteiger partial charge in [0.1, 0.15) is 5.82 Å². The molecule has 0 spiro atoms. The Bertz CT molecular complexity index is 552. The van der Waals surface area contributed by atoms with Crippen LogP contribution in [-0.2, 0) is 4.79 Å². The number of amides is 1. The maximum Gasteiger partial charge on any atom is 0.223 e. The van der Waals surface area contributed by atoms with Crippen LogP contribution in [0.5, 0.6) is 0 Å². The number of rotatable bonds is 5. The second kappa shape index (κ2) is 8.74. The van der Waals surface area contributed by atoms with Crippen molar-refractivity contribution in [1.82, 2.24) is 15.1 Å². The highest BCUT2D eigenvalue weighted by Gasteiger charge is 2.27. The normalized spacial score (nSPS) is 21.3. The first-order valence-corrected chi connectivity index (χ1v) is 9.28. The number of nitrogens with one attached hydrogen (secondary N) is 1. The Labute approximate surface area is 148 Å². The van der Waals surface area contributed by atoms with E-state index in [4.69, 9.17) is 0 Å². The van der Waals surface area contributed by atoms with Crippen molar-refractivity contribution in [1.29, 1.82) is 0 Å². The summed E-state index contributed by atoms with van der Waals surface area (Å²) in [7, 11) is 0. The summed E-state index contributed by atoms with van der Waals surface area (Å²) in [5, 5.41) is 13.8. The fourth-order valence-electron chi connectivity index (χ4n) is 3.75. The van der Waals surface area contributed by atoms with Crippen LogP contribution in [0.3, 0.4) is 0 Å². The first kappa shape index (κ1) is 18.3. The molecule has 5 nitrogen and oxygen atoms in total. The van der Waals surface area contributed by atoms with Crippen LogP contribution < -0.4 is 5.32 Å². The number of nitrogens with zero attached hydrogens (tertiary/aromatic N) is 2. The number of benzene rings is 1. The molecule has 2 heterocycles. The van der Waals surface area contributed by atoms with Crippen LogP contribution >= 0.6 is 0 Å². The third-order valence-corrected chi connectivity index (χ3v) is 5.40. The Balaban J connectivity index is 1.40. The van der Waals surface area contributed by atoms with E-state index >= 15 is 0 Å². The molecule has 2 aliphatic rings. The molecule has 0 radical (unpaired) electrons. The van der Waals surface area contributed by atoms with Crippen molar-refractivity contribution in [3.05, 3.63) is 35.6 Å². The van der Waals surface area contributed by atoms with Crippen molar-refractivity contribution in [2.24, 2.45) is 5.92 Å². The lowest BCUT2D eigenvalue weighted by molar-refractivity contribution is -0.132. The second-order valence-corrected chi connectivity index (χ2v) is 7.06. The number of carbonyl (C=O) groups is 1. The predicted molar refractivity (Wildman–Crippen MR) is 94.6 cm³/mol. The van der Waals surface area contributed by atoms with Crippen LogP contribution in [0.4, 0.5) is 4.39 Å². The van der Waals surface area contributed by atoms with Crippen LogP contribution in [-0.4, -0.2) is 66.6 Å². The molecule has 0 saturated carbocycles. The van der Waals surface area contributed by atoms with Gasteiger partial charge in [0.05, 0.1) is 6.10 Å². The van der Waals surface area contributed by atoms with Crippen LogP contribution in [0.2, 0.25) is 0 Å². The van der Waals surface area contributed by atoms with Gasteiger partial charge in [0.15, 0.2) is 0 Å². The lowest BCUT2D eigenvalue weighted by Crippen LogP contribution is -2.47. The first-order chi connectivity index (χ1) is 12.1. The van der Waals surface area contributed by atoms with Crippen LogP contribution in [0.15, 0.2) is 24.3 Å². The molecular formula is C19H28FN3O2. The summed E-state index contributed by atoms with van der Waals surface area (Å²) in [6, 6.07) is 6.13. The van der Waals surface area contributed by atoms with Gasteiger partial charge in [-0.15, -0.1) is 0 Å². The van der Waals surface area contributed by atoms with Crippen molar-refractivity contribution in [2.45, 2.75) is 25.4 Å². The Hall–Kier alpha value is -1.50. The maximum atomic E-state index is 13.0. The standard InChI is InChI=1S/C19H28FN3O2/c20-17-3-1-15(2-4-17)19(25)16-5-10-22(11-6-16)12-7-18(24)23-13-8-21-9-14-23/h1-4,16,19,21,25H,5-14H2. The highest BCUT2D eigenvalue weighted by molar-refractivity contribution is 5.76. The smallest absolute Gasteiger partial charge is 0.223 e. The molecule has 2 aliphatic heterocycles. The number of aliphatic hydroxyl groups excluding tert-OH is 1. The Morgan fingerprint density at radius 2 is 1.80 bits per heavy atom. The fourth-order valence-corrected chi connectivity index (χ4v) is 3.75. The van der Waals surface area contributed by atoms with Gasteiger partial charge in [0.25, 0.3) is 0 Å². The molecule has 1 atom stereocenters. The highest BCUT2D eigenvalue weighted by atomic mass is 19.1. The summed E-state index contributed by atoms with van der Waals surface area (Å²) in [6.45, 7) is 5.99. The van der Waals surface area contributed by atoms with Gasteiger partial charge in [-0.3, -0.25) is 4.79 Å². The molecule has 0 aromatic heterocycles. The SMILES string of the molecule is O=C(CCN1CCC(C(O)c2ccc(F)cc2)CC1)N1CCNCC1. The number of piperazine rings is 1. The van der Waals surface area contributed by atoms with Crippen molar-refractivity contribution in [2.75, 3.05) is 45.8 Å². The van der Waals surface area contributed by atoms with E-state index in [0.717, 1.165) is 64.2 Å². The van der Waals surface area contributed by atoms with Gasteiger partial charge in [0.2, 0.25) is 5.91 Å². The van der Waals surface area contributed by atoms with Crippen LogP contribution in [0.25, 0.3) is 0 Å². The summed E-state index contributed by atoms with van der Waals surface area (Å²) in [4.78, 5) is 16.5. The topological polar surface area (TPSA) is 55.8 Å². The third-order valence-electron chi connectivity index (χ3n) is 5.40. The monoisotopic (exact) mass is 349 g/mol. The molecule has 0 aliphatic carbocycles. The quantitative estimate of drug-likeness (QED) is 0.844. The Morgan fingerprint density at radius 1 is 1.16 bits per heavy atom. The van der Waals surface area contributed by atoms with Gasteiger partial charge in [0, 0.05) is 39.1 Å². The molecule has 1 amide bonds. The second-order valence-electron chi connectivity index (χ2n) is 7.06. The summed E-state index contributed by atoms with van der Waals surface area (Å²) >= 11 is 0. The highest BCUT2D eigenvalue weighted by Crippen LogP contribution is 2.30. The van der Waals surface area contributed by atoms with E-state index < -0.39 is 6.10 Å². The lowest BCUT2D eigenvalue weighted by atomic mass is 9.87. The van der Waals surface area contributed by atoms with Gasteiger partial charge < -0.3 is 20.2 Å². The Kier molecular flexibility index (Phi) is 6.39. The minimum atomic E-state index is -0.537. The zero-order valence-corrected chi connectivity index (χ0v) is 14.7. The molecule has 1 aromatic carbocycles. The predicted octanol–water partition coefficient (Wildman–Crippen LogP) is 1.39. The molecule has 3 rings (SSSR count). The molecule has 2 saturated heterocycles. The number of hydrogen-bond acceptors (Lipinski definition) is 4. The molecule has 25 heavy (non-hydrogen) atoms. The molecule has 0 bridgehead atoms. The third kappa shape index (κ3) is 5.00. The zero-order valence-electron chi connectivity index (χ0n) is 14.7. The maximum absolute atomic E-state index is 13.0. The van der Waals surface area contributed by atoms with E-state index in [2.05, 4.69) is 10.2 Å². The number of hydrogen-bond donors (Lipinski definition) is 2. The van der Waals surface area contributed by atoms with Crippen molar-refractivity contribution in [3.63, 3.8) is 0 Å². The first-order valence-electron chi connectivity index (χ1n) is 9.28. The molecule has 1 aromatic rings. The molecule has 2 fully saturated rings. The molecule has 1 unspecified atom stereocenters. The number of likely N-dealkylation sites (tertiary alicyclic amines) is 1. The van der Waals surface area contributed by atoms with E-state index in [0.29, 0.717) is 6.42 Å². The number of carbonyl (C=O) groups excluding carboxylic acids is 1. The lowest BCUT2D eigenvalue weighted by Gasteiger charge is -2.35. The van der Waals surface area contributed by atoms with Gasteiger partial charge in [-0.1, -0.05) is 12.1 Å². The summed E-state index contributed by atoms with van der Waals surface area (Å²) in [5.41, 5.74) is 0.786. The van der Waals surface area contributed by atoms with E-state index in [9.17, 15) is 14.3 Å². The van der Waals surface area contributed by atoms with E-state index in [-0.39, 0.29) is 17.6 Å². The van der Waals surface area contributed by atoms with Gasteiger partial charge in [-0.05, 0) is 49.5 Å². The Morgan fingerprint density at radius 3 is 2.44 bits per heavy atom. The average molecular weight is 349 g/mol. The van der Waals surface area contributed by atoms with Crippen LogP contribution in [0, 0.1) is 11.7 Å². The molecule has 6 heteroatoms. The van der Waals surface area contributed by atoms with Gasteiger partial charge in [-0.25, -0.2) is 4.39 Å². The molecule has 138 valence electrons. The average Bonchev–Trinajstić information content (AvgIpc) is 2.67. The minimum Gasteiger partial charge on any atom is -0.388 e. The minimum absolute atomic E-state index is 0.200. The number of aliphatic hydroxyl groups is 1. The summed E-state index contributed by atoms with van der Waals surface area (Å²) < 4.78 is 13.0. The number of halogens is 1.